The first-order valence-corrected chi connectivity index (χ1v) is 9.55. The predicted molar refractivity (Wildman–Crippen MR) is 111 cm³/mol. The van der Waals surface area contributed by atoms with Gasteiger partial charge in [-0.3, -0.25) is 0 Å². The molecule has 1 amide bonds. The first-order chi connectivity index (χ1) is 13.8. The van der Waals surface area contributed by atoms with E-state index in [0.29, 0.717) is 25.2 Å². The van der Waals surface area contributed by atoms with Gasteiger partial charge in [-0.1, -0.05) is 36.4 Å². The monoisotopic (exact) mass is 392 g/mol. The number of anilines is 1. The lowest BCUT2D eigenvalue weighted by atomic mass is 9.95. The Bertz CT molecular complexity index is 1080. The van der Waals surface area contributed by atoms with Gasteiger partial charge in [-0.25, -0.2) is 14.8 Å². The number of carbonyl (C=O) groups excluding carboxylic acids is 1. The van der Waals surface area contributed by atoms with Crippen LogP contribution in [-0.2, 0) is 4.74 Å². The van der Waals surface area contributed by atoms with Crippen molar-refractivity contribution in [2.45, 2.75) is 32.8 Å². The fourth-order valence-electron chi connectivity index (χ4n) is 3.39. The van der Waals surface area contributed by atoms with E-state index in [9.17, 15) is 4.79 Å². The summed E-state index contributed by atoms with van der Waals surface area (Å²) in [5, 5.41) is 4.20. The first kappa shape index (κ1) is 18.9. The minimum Gasteiger partial charge on any atom is -0.444 e. The molecule has 4 rings (SSSR count). The molecule has 0 saturated carbocycles. The molecule has 8 nitrogen and oxygen atoms in total. The number of aromatic nitrogens is 4. The Labute approximate surface area is 169 Å². The minimum atomic E-state index is -0.518. The van der Waals surface area contributed by atoms with Crippen LogP contribution < -0.4 is 5.73 Å². The molecule has 29 heavy (non-hydrogen) atoms. The van der Waals surface area contributed by atoms with Crippen molar-refractivity contribution in [3.63, 3.8) is 0 Å². The molecule has 3 heterocycles. The molecule has 0 saturated heterocycles. The third kappa shape index (κ3) is 3.78. The third-order valence-electron chi connectivity index (χ3n) is 4.68. The molecule has 3 aromatic rings. The van der Waals surface area contributed by atoms with E-state index < -0.39 is 5.60 Å². The van der Waals surface area contributed by atoms with E-state index in [1.807, 2.05) is 57.2 Å². The van der Waals surface area contributed by atoms with Crippen LogP contribution >= 0.6 is 0 Å². The molecule has 1 aliphatic rings. The summed E-state index contributed by atoms with van der Waals surface area (Å²) >= 11 is 0. The maximum atomic E-state index is 12.4. The van der Waals surface area contributed by atoms with E-state index >= 15 is 0 Å². The number of fused-ring (bicyclic) bond motifs is 1. The number of ether oxygens (including phenoxy) is 1. The highest BCUT2D eigenvalue weighted by atomic mass is 16.6. The fourth-order valence-corrected chi connectivity index (χ4v) is 3.39. The van der Waals surface area contributed by atoms with Gasteiger partial charge in [0.2, 0.25) is 5.95 Å². The van der Waals surface area contributed by atoms with Crippen molar-refractivity contribution in [2.24, 2.45) is 0 Å². The van der Waals surface area contributed by atoms with E-state index in [4.69, 9.17) is 10.5 Å². The van der Waals surface area contributed by atoms with Gasteiger partial charge in [0.1, 0.15) is 11.9 Å². The zero-order valence-electron chi connectivity index (χ0n) is 16.8. The van der Waals surface area contributed by atoms with Gasteiger partial charge in [0, 0.05) is 24.2 Å². The molecule has 0 atom stereocenters. The smallest absolute Gasteiger partial charge is 0.410 e. The highest BCUT2D eigenvalue weighted by Gasteiger charge is 2.26. The summed E-state index contributed by atoms with van der Waals surface area (Å²) in [7, 11) is 0. The van der Waals surface area contributed by atoms with Gasteiger partial charge in [0.05, 0.1) is 5.69 Å². The van der Waals surface area contributed by atoms with Crippen molar-refractivity contribution in [2.75, 3.05) is 18.8 Å². The minimum absolute atomic E-state index is 0.284. The normalized spacial score (nSPS) is 14.7. The number of carbonyl (C=O) groups is 1. The number of hydrogen-bond acceptors (Lipinski definition) is 6. The Morgan fingerprint density at radius 3 is 2.62 bits per heavy atom. The van der Waals surface area contributed by atoms with E-state index in [2.05, 4.69) is 15.1 Å². The highest BCUT2D eigenvalue weighted by Crippen LogP contribution is 2.34. The summed E-state index contributed by atoms with van der Waals surface area (Å²) < 4.78 is 7.03. The Hall–Kier alpha value is -3.42. The Balaban J connectivity index is 1.74. The summed E-state index contributed by atoms with van der Waals surface area (Å²) in [5.41, 5.74) is 9.94. The zero-order valence-corrected chi connectivity index (χ0v) is 16.8. The van der Waals surface area contributed by atoms with E-state index in [1.165, 1.54) is 6.33 Å². The molecule has 1 aromatic carbocycles. The first-order valence-electron chi connectivity index (χ1n) is 9.55. The summed E-state index contributed by atoms with van der Waals surface area (Å²) in [6.45, 7) is 6.61. The second kappa shape index (κ2) is 7.20. The summed E-state index contributed by atoms with van der Waals surface area (Å²) in [6.07, 6.45) is 3.86. The van der Waals surface area contributed by atoms with Crippen molar-refractivity contribution in [3.05, 3.63) is 48.3 Å². The highest BCUT2D eigenvalue weighted by molar-refractivity contribution is 5.88. The average molecular weight is 392 g/mol. The summed E-state index contributed by atoms with van der Waals surface area (Å²) in [6, 6.07) is 9.87. The van der Waals surface area contributed by atoms with Crippen LogP contribution in [0.15, 0.2) is 42.7 Å². The fraction of sp³-hybridized carbons (Fsp3) is 0.333. The van der Waals surface area contributed by atoms with Crippen LogP contribution in [0.4, 0.5) is 10.7 Å². The van der Waals surface area contributed by atoms with Gasteiger partial charge in [0.25, 0.3) is 0 Å². The Morgan fingerprint density at radius 1 is 1.21 bits per heavy atom. The van der Waals surface area contributed by atoms with Crippen LogP contribution in [0.3, 0.4) is 0 Å². The van der Waals surface area contributed by atoms with Crippen LogP contribution in [0.2, 0.25) is 0 Å². The lowest BCUT2D eigenvalue weighted by molar-refractivity contribution is 0.0270. The molecule has 0 aliphatic carbocycles. The zero-order chi connectivity index (χ0) is 20.6. The predicted octanol–water partition coefficient (Wildman–Crippen LogP) is 3.40. The van der Waals surface area contributed by atoms with Crippen molar-refractivity contribution < 1.29 is 9.53 Å². The van der Waals surface area contributed by atoms with E-state index in [0.717, 1.165) is 22.4 Å². The number of benzene rings is 1. The average Bonchev–Trinajstić information content (AvgIpc) is 3.18. The van der Waals surface area contributed by atoms with Gasteiger partial charge >= 0.3 is 6.09 Å². The largest absolute Gasteiger partial charge is 0.444 e. The summed E-state index contributed by atoms with van der Waals surface area (Å²) in [4.78, 5) is 23.1. The molecular formula is C21H24N6O2. The molecule has 150 valence electrons. The number of nitrogen functional groups attached to an aromatic ring is 1. The number of nitrogens with zero attached hydrogens (tertiary/aromatic N) is 5. The maximum Gasteiger partial charge on any atom is 0.410 e. The third-order valence-corrected chi connectivity index (χ3v) is 4.68. The second-order valence-corrected chi connectivity index (χ2v) is 7.96. The van der Waals surface area contributed by atoms with Crippen LogP contribution in [0.25, 0.3) is 22.5 Å². The van der Waals surface area contributed by atoms with Crippen molar-refractivity contribution in [1.29, 1.82) is 0 Å². The van der Waals surface area contributed by atoms with Crippen LogP contribution in [0, 0.1) is 0 Å². The lowest BCUT2D eigenvalue weighted by Crippen LogP contribution is -2.39. The van der Waals surface area contributed by atoms with Gasteiger partial charge in [-0.2, -0.15) is 9.61 Å². The summed E-state index contributed by atoms with van der Waals surface area (Å²) in [5.74, 6) is 0.284. The van der Waals surface area contributed by atoms with Crippen molar-refractivity contribution in [3.8, 4) is 11.3 Å². The molecular weight excluding hydrogens is 368 g/mol. The van der Waals surface area contributed by atoms with Crippen LogP contribution in [-0.4, -0.2) is 49.3 Å². The SMILES string of the molecule is CC(C)(C)OC(=O)N1CC=C(c2c(-c3ccccc3)nc(N)n3ncnc23)CC1. The van der Waals surface area contributed by atoms with Gasteiger partial charge in [-0.15, -0.1) is 0 Å². The number of amides is 1. The molecule has 0 unspecified atom stereocenters. The molecule has 2 N–H and O–H groups in total. The van der Waals surface area contributed by atoms with Gasteiger partial charge in [0.15, 0.2) is 5.65 Å². The molecule has 0 fully saturated rings. The Morgan fingerprint density at radius 2 is 1.97 bits per heavy atom. The van der Waals surface area contributed by atoms with Crippen molar-refractivity contribution in [1.82, 2.24) is 24.5 Å². The second-order valence-electron chi connectivity index (χ2n) is 7.96. The molecule has 0 bridgehead atoms. The number of rotatable bonds is 2. The quantitative estimate of drug-likeness (QED) is 0.718. The lowest BCUT2D eigenvalue weighted by Gasteiger charge is -2.30. The molecule has 1 aliphatic heterocycles. The molecule has 0 spiro atoms. The van der Waals surface area contributed by atoms with Crippen molar-refractivity contribution >= 4 is 23.3 Å². The van der Waals surface area contributed by atoms with Crippen LogP contribution in [0.1, 0.15) is 32.8 Å². The standard InChI is InChI=1S/C21H24N6O2/c1-21(2,3)29-20(28)26-11-9-14(10-12-26)16-17(15-7-5-4-6-8-15)25-19(22)27-18(16)23-13-24-27/h4-9,13H,10-12H2,1-3H3,(H2,22,25). The maximum absolute atomic E-state index is 12.4. The Kier molecular flexibility index (Phi) is 4.70. The van der Waals surface area contributed by atoms with E-state index in [-0.39, 0.29) is 12.0 Å². The van der Waals surface area contributed by atoms with Crippen LogP contribution in [0.5, 0.6) is 0 Å². The van der Waals surface area contributed by atoms with E-state index in [1.54, 1.807) is 9.42 Å². The number of hydrogen-bond donors (Lipinski definition) is 1. The molecule has 8 heteroatoms. The number of nitrogens with two attached hydrogens (primary N) is 1. The topological polar surface area (TPSA) is 98.6 Å². The van der Waals surface area contributed by atoms with Gasteiger partial charge in [-0.05, 0) is 32.8 Å². The van der Waals surface area contributed by atoms with Gasteiger partial charge < -0.3 is 15.4 Å². The molecule has 2 aromatic heterocycles. The molecule has 0 radical (unpaired) electrons.